The van der Waals surface area contributed by atoms with E-state index >= 15 is 0 Å². The smallest absolute Gasteiger partial charge is 0.189 e. The number of rotatable bonds is 2. The summed E-state index contributed by atoms with van der Waals surface area (Å²) in [6.45, 7) is 4.20. The summed E-state index contributed by atoms with van der Waals surface area (Å²) in [4.78, 5) is 24.0. The van der Waals surface area contributed by atoms with Crippen molar-refractivity contribution < 1.29 is 28.9 Å². The van der Waals surface area contributed by atoms with Crippen molar-refractivity contribution in [1.29, 1.82) is 0 Å². The first-order valence-corrected chi connectivity index (χ1v) is 8.34. The van der Waals surface area contributed by atoms with Crippen LogP contribution in [-0.4, -0.2) is 18.5 Å². The first-order valence-electron chi connectivity index (χ1n) is 8.34. The van der Waals surface area contributed by atoms with E-state index in [-0.39, 0.29) is 31.2 Å². The highest BCUT2D eigenvalue weighted by atomic mass is 16.7. The summed E-state index contributed by atoms with van der Waals surface area (Å²) in [6.07, 6.45) is -0.508. The van der Waals surface area contributed by atoms with E-state index in [0.717, 1.165) is 11.1 Å². The van der Waals surface area contributed by atoms with Gasteiger partial charge in [0.25, 0.3) is 0 Å². The lowest BCUT2D eigenvalue weighted by molar-refractivity contribution is -0.255. The van der Waals surface area contributed by atoms with Crippen LogP contribution in [0.15, 0.2) is 24.3 Å². The Hall–Kier alpha value is -2.86. The van der Waals surface area contributed by atoms with E-state index in [1.54, 1.807) is 0 Å². The Labute approximate surface area is 150 Å². The number of hydrogen-bond donors (Lipinski definition) is 0. The molecule has 0 aliphatic carbocycles. The van der Waals surface area contributed by atoms with Crippen LogP contribution in [-0.2, 0) is 11.3 Å². The summed E-state index contributed by atoms with van der Waals surface area (Å²) < 4.78 is 16.9. The quantitative estimate of drug-likeness (QED) is 0.823. The Morgan fingerprint density at radius 3 is 2.69 bits per heavy atom. The van der Waals surface area contributed by atoms with Crippen molar-refractivity contribution in [3.05, 3.63) is 57.6 Å². The lowest BCUT2D eigenvalue weighted by atomic mass is 9.91. The van der Waals surface area contributed by atoms with Crippen molar-refractivity contribution in [2.24, 2.45) is 0 Å². The molecule has 1 atom stereocenters. The molecule has 0 fully saturated rings. The molecule has 0 amide bonds. The van der Waals surface area contributed by atoms with Crippen molar-refractivity contribution in [3.63, 3.8) is 0 Å². The van der Waals surface area contributed by atoms with Gasteiger partial charge in [0.2, 0.25) is 0 Å². The maximum absolute atomic E-state index is 12.6. The number of hydrogen-bond acceptors (Lipinski definition) is 6. The predicted octanol–water partition coefficient (Wildman–Crippen LogP) is 2.24. The molecule has 0 saturated carbocycles. The zero-order chi connectivity index (χ0) is 18.4. The van der Waals surface area contributed by atoms with Crippen LogP contribution in [0.4, 0.5) is 0 Å². The van der Waals surface area contributed by atoms with E-state index in [1.807, 2.05) is 26.0 Å². The predicted molar refractivity (Wildman–Crippen MR) is 89.3 cm³/mol. The fraction of sp³-hybridized carbons (Fsp3) is 0.300. The molecular formula is C20H17O6-. The third-order valence-corrected chi connectivity index (χ3v) is 4.86. The average molecular weight is 353 g/mol. The molecular weight excluding hydrogens is 336 g/mol. The van der Waals surface area contributed by atoms with E-state index in [1.165, 1.54) is 12.1 Å². The van der Waals surface area contributed by atoms with Crippen LogP contribution in [0.2, 0.25) is 0 Å². The SMILES string of the molecule is Cc1cc2c(cc1C)C(=O)C[C@@H](c1cc(C(=O)[O-])cc3c1OCOC3)O2. The summed E-state index contributed by atoms with van der Waals surface area (Å²) in [7, 11) is 0. The van der Waals surface area contributed by atoms with Gasteiger partial charge in [0.1, 0.15) is 17.6 Å². The number of benzene rings is 2. The van der Waals surface area contributed by atoms with Crippen LogP contribution < -0.4 is 14.6 Å². The van der Waals surface area contributed by atoms with Gasteiger partial charge in [-0.2, -0.15) is 0 Å². The van der Waals surface area contributed by atoms with E-state index in [0.29, 0.717) is 28.2 Å². The highest BCUT2D eigenvalue weighted by molar-refractivity contribution is 6.00. The molecule has 0 radical (unpaired) electrons. The molecule has 0 bridgehead atoms. The fourth-order valence-corrected chi connectivity index (χ4v) is 3.36. The van der Waals surface area contributed by atoms with Crippen LogP contribution in [0.3, 0.4) is 0 Å². The Morgan fingerprint density at radius 2 is 1.92 bits per heavy atom. The number of ether oxygens (including phenoxy) is 3. The number of Topliss-reactive ketones (excluding diaryl/α,β-unsaturated/α-hetero) is 1. The Bertz CT molecular complexity index is 930. The van der Waals surface area contributed by atoms with Crippen molar-refractivity contribution in [2.75, 3.05) is 6.79 Å². The van der Waals surface area contributed by atoms with E-state index in [2.05, 4.69) is 0 Å². The molecule has 6 nitrogen and oxygen atoms in total. The molecule has 4 rings (SSSR count). The fourth-order valence-electron chi connectivity index (χ4n) is 3.36. The molecule has 26 heavy (non-hydrogen) atoms. The summed E-state index contributed by atoms with van der Waals surface area (Å²) in [5, 5.41) is 11.4. The van der Waals surface area contributed by atoms with E-state index < -0.39 is 12.1 Å². The van der Waals surface area contributed by atoms with Crippen LogP contribution in [0.25, 0.3) is 0 Å². The van der Waals surface area contributed by atoms with Crippen molar-refractivity contribution in [1.82, 2.24) is 0 Å². The molecule has 2 aromatic carbocycles. The van der Waals surface area contributed by atoms with Gasteiger partial charge in [-0.1, -0.05) is 0 Å². The van der Waals surface area contributed by atoms with Gasteiger partial charge in [0, 0.05) is 11.1 Å². The first kappa shape index (κ1) is 16.6. The normalized spacial score (nSPS) is 18.4. The molecule has 0 unspecified atom stereocenters. The third-order valence-electron chi connectivity index (χ3n) is 4.86. The zero-order valence-electron chi connectivity index (χ0n) is 14.5. The number of aryl methyl sites for hydroxylation is 2. The van der Waals surface area contributed by atoms with Gasteiger partial charge >= 0.3 is 0 Å². The summed E-state index contributed by atoms with van der Waals surface area (Å²) in [6, 6.07) is 6.61. The number of fused-ring (bicyclic) bond motifs is 2. The summed E-state index contributed by atoms with van der Waals surface area (Å²) in [5.74, 6) is -0.312. The van der Waals surface area contributed by atoms with Gasteiger partial charge < -0.3 is 24.1 Å². The minimum atomic E-state index is -1.30. The molecule has 0 spiro atoms. The van der Waals surface area contributed by atoms with E-state index in [4.69, 9.17) is 14.2 Å². The maximum Gasteiger partial charge on any atom is 0.189 e. The monoisotopic (exact) mass is 353 g/mol. The number of ketones is 1. The van der Waals surface area contributed by atoms with Crippen LogP contribution in [0, 0.1) is 13.8 Å². The zero-order valence-corrected chi connectivity index (χ0v) is 14.5. The van der Waals surface area contributed by atoms with Crippen LogP contribution >= 0.6 is 0 Å². The Balaban J connectivity index is 1.80. The second kappa shape index (κ2) is 6.14. The van der Waals surface area contributed by atoms with Crippen molar-refractivity contribution in [3.8, 4) is 11.5 Å². The van der Waals surface area contributed by atoms with Crippen molar-refractivity contribution in [2.45, 2.75) is 33.0 Å². The largest absolute Gasteiger partial charge is 0.545 e. The van der Waals surface area contributed by atoms with Gasteiger partial charge in [-0.15, -0.1) is 0 Å². The lowest BCUT2D eigenvalue weighted by Crippen LogP contribution is -2.26. The maximum atomic E-state index is 12.6. The second-order valence-electron chi connectivity index (χ2n) is 6.62. The second-order valence-corrected chi connectivity index (χ2v) is 6.62. The minimum absolute atomic E-state index is 0.00906. The first-order chi connectivity index (χ1) is 12.4. The summed E-state index contributed by atoms with van der Waals surface area (Å²) >= 11 is 0. The van der Waals surface area contributed by atoms with Crippen molar-refractivity contribution >= 4 is 11.8 Å². The average Bonchev–Trinajstić information content (AvgIpc) is 2.62. The van der Waals surface area contributed by atoms with Gasteiger partial charge in [-0.25, -0.2) is 0 Å². The van der Waals surface area contributed by atoms with Gasteiger partial charge in [0.15, 0.2) is 12.6 Å². The molecule has 2 aromatic rings. The Morgan fingerprint density at radius 1 is 1.15 bits per heavy atom. The molecule has 6 heteroatoms. The minimum Gasteiger partial charge on any atom is -0.545 e. The van der Waals surface area contributed by atoms with Gasteiger partial charge in [0.05, 0.1) is 24.6 Å². The number of carboxylic acids is 1. The molecule has 0 N–H and O–H groups in total. The number of aromatic carboxylic acids is 1. The third kappa shape index (κ3) is 2.72. The summed E-state index contributed by atoms with van der Waals surface area (Å²) in [5.41, 5.74) is 3.74. The highest BCUT2D eigenvalue weighted by Gasteiger charge is 2.32. The molecule has 0 aromatic heterocycles. The van der Waals surface area contributed by atoms with Crippen LogP contribution in [0.1, 0.15) is 55.5 Å². The molecule has 2 aliphatic heterocycles. The van der Waals surface area contributed by atoms with Crippen LogP contribution in [0.5, 0.6) is 11.5 Å². The van der Waals surface area contributed by atoms with Gasteiger partial charge in [-0.3, -0.25) is 4.79 Å². The number of carbonyl (C=O) groups is 2. The topological polar surface area (TPSA) is 84.9 Å². The van der Waals surface area contributed by atoms with Gasteiger partial charge in [-0.05, 0) is 54.8 Å². The molecule has 0 saturated heterocycles. The molecule has 2 heterocycles. The number of carbonyl (C=O) groups excluding carboxylic acids is 2. The number of carboxylic acid groups (broad SMARTS) is 1. The Kier molecular flexibility index (Phi) is 3.92. The molecule has 134 valence electrons. The molecule has 2 aliphatic rings. The lowest BCUT2D eigenvalue weighted by Gasteiger charge is -2.30. The highest BCUT2D eigenvalue weighted by Crippen LogP contribution is 2.41. The standard InChI is InChI=1S/C20H18O6/c1-10-3-14-16(21)7-18(26-17(14)4-11(10)2)15-6-12(20(22)23)5-13-8-24-9-25-19(13)15/h3-6,18H,7-9H2,1-2H3,(H,22,23)/p-1/t18-/m0/s1. The van der Waals surface area contributed by atoms with E-state index in [9.17, 15) is 14.7 Å².